The number of aromatic nitrogens is 3. The Labute approximate surface area is 244 Å². The van der Waals surface area contributed by atoms with Crippen LogP contribution in [0, 0.1) is 25.2 Å². The average molecular weight is 564 g/mol. The number of ether oxygens (including phenoxy) is 1. The van der Waals surface area contributed by atoms with Gasteiger partial charge >= 0.3 is 0 Å². The fourth-order valence-corrected chi connectivity index (χ4v) is 5.52. The van der Waals surface area contributed by atoms with E-state index in [1.165, 1.54) is 0 Å². The van der Waals surface area contributed by atoms with Crippen LogP contribution in [0.2, 0.25) is 0 Å². The molecule has 5 rings (SSSR count). The van der Waals surface area contributed by atoms with Gasteiger partial charge in [-0.3, -0.25) is 4.79 Å². The zero-order valence-corrected chi connectivity index (χ0v) is 24.1. The molecular formula is C33H33N5O4. The van der Waals surface area contributed by atoms with E-state index < -0.39 is 5.91 Å². The van der Waals surface area contributed by atoms with E-state index in [1.54, 1.807) is 12.1 Å². The summed E-state index contributed by atoms with van der Waals surface area (Å²) in [7, 11) is 0. The average Bonchev–Trinajstić information content (AvgIpc) is 3.55. The zero-order chi connectivity index (χ0) is 30.0. The fraction of sp³-hybridized carbons (Fsp3) is 0.273. The molecule has 1 unspecified atom stereocenters. The van der Waals surface area contributed by atoms with Gasteiger partial charge in [-0.1, -0.05) is 29.4 Å². The molecule has 0 aliphatic heterocycles. The molecule has 1 atom stereocenters. The number of hydrogen-bond donors (Lipinski definition) is 2. The van der Waals surface area contributed by atoms with E-state index in [1.807, 2.05) is 80.9 Å². The summed E-state index contributed by atoms with van der Waals surface area (Å²) < 4.78 is 13.2. The summed E-state index contributed by atoms with van der Waals surface area (Å²) in [5, 5.41) is 24.1. The first-order valence-electron chi connectivity index (χ1n) is 13.9. The molecule has 214 valence electrons. The summed E-state index contributed by atoms with van der Waals surface area (Å²) >= 11 is 0. The summed E-state index contributed by atoms with van der Waals surface area (Å²) in [5.74, 6) is 0.182. The first kappa shape index (κ1) is 28.6. The van der Waals surface area contributed by atoms with Crippen molar-refractivity contribution in [3.8, 4) is 34.2 Å². The number of benzene rings is 2. The van der Waals surface area contributed by atoms with Crippen LogP contribution in [0.3, 0.4) is 0 Å². The number of nitrogens with zero attached hydrogens (tertiary/aromatic N) is 4. The van der Waals surface area contributed by atoms with Gasteiger partial charge in [0.25, 0.3) is 0 Å². The number of nitriles is 1. The predicted molar refractivity (Wildman–Crippen MR) is 159 cm³/mol. The molecule has 3 aromatic heterocycles. The molecule has 0 saturated heterocycles. The molecule has 3 heterocycles. The number of imidazole rings is 1. The van der Waals surface area contributed by atoms with Gasteiger partial charge < -0.3 is 24.5 Å². The minimum Gasteiger partial charge on any atom is -0.490 e. The molecule has 9 heteroatoms. The van der Waals surface area contributed by atoms with E-state index in [2.05, 4.69) is 11.2 Å². The monoisotopic (exact) mass is 563 g/mol. The van der Waals surface area contributed by atoms with Crippen LogP contribution in [-0.2, 0) is 6.42 Å². The Bertz CT molecular complexity index is 1770. The predicted octanol–water partition coefficient (Wildman–Crippen LogP) is 5.74. The molecular weight excluding hydrogens is 530 g/mol. The first-order valence-corrected chi connectivity index (χ1v) is 13.9. The number of primary amides is 1. The van der Waals surface area contributed by atoms with Gasteiger partial charge in [0.15, 0.2) is 0 Å². The number of hydrogen-bond acceptors (Lipinski definition) is 7. The maximum Gasteiger partial charge on any atom is 0.249 e. The molecule has 0 aliphatic rings. The van der Waals surface area contributed by atoms with Gasteiger partial charge in [-0.25, -0.2) is 4.98 Å². The summed E-state index contributed by atoms with van der Waals surface area (Å²) in [6.07, 6.45) is 4.62. The van der Waals surface area contributed by atoms with E-state index in [0.717, 1.165) is 45.0 Å². The van der Waals surface area contributed by atoms with Gasteiger partial charge in [-0.2, -0.15) is 5.26 Å². The molecule has 42 heavy (non-hydrogen) atoms. The van der Waals surface area contributed by atoms with E-state index in [0.29, 0.717) is 24.2 Å². The summed E-state index contributed by atoms with van der Waals surface area (Å²) in [6, 6.07) is 17.4. The number of carbonyl (C=O) groups excluding carboxylic acids is 1. The molecule has 2 aromatic carbocycles. The quantitative estimate of drug-likeness (QED) is 0.221. The lowest BCUT2D eigenvalue weighted by atomic mass is 9.83. The maximum atomic E-state index is 12.4. The molecule has 0 saturated carbocycles. The van der Waals surface area contributed by atoms with Crippen LogP contribution in [0.5, 0.6) is 5.75 Å². The van der Waals surface area contributed by atoms with Crippen molar-refractivity contribution in [3.63, 3.8) is 0 Å². The Hall–Kier alpha value is -4.94. The third-order valence-corrected chi connectivity index (χ3v) is 7.35. The maximum absolute atomic E-state index is 12.4. The zero-order valence-electron chi connectivity index (χ0n) is 24.1. The van der Waals surface area contributed by atoms with Crippen molar-refractivity contribution >= 4 is 11.6 Å². The van der Waals surface area contributed by atoms with Crippen molar-refractivity contribution in [3.05, 3.63) is 94.6 Å². The number of aryl methyl sites for hydroxylation is 2. The minimum absolute atomic E-state index is 0.115. The second-order valence-corrected chi connectivity index (χ2v) is 10.6. The standard InChI is InChI=1S/C33H33N5O4/c1-19(2)41-29-12-11-25(32(35)40)31(27(29)17-34)24(13-15-39)16-22-7-9-23(10-8-22)28-18-38-14-5-6-26(33(38)36-28)30-20(3)37-42-21(30)4/h5-12,14,18-19,24,39H,13,15-16H2,1-4H3,(H2,35,40). The van der Waals surface area contributed by atoms with E-state index in [-0.39, 0.29) is 29.8 Å². The van der Waals surface area contributed by atoms with Crippen molar-refractivity contribution in [1.82, 2.24) is 14.5 Å². The molecule has 0 fully saturated rings. The normalized spacial score (nSPS) is 12.0. The minimum atomic E-state index is -0.626. The lowest BCUT2D eigenvalue weighted by Gasteiger charge is -2.23. The molecule has 5 aromatic rings. The van der Waals surface area contributed by atoms with Crippen molar-refractivity contribution in [2.45, 2.75) is 52.6 Å². The second-order valence-electron chi connectivity index (χ2n) is 10.6. The first-order chi connectivity index (χ1) is 20.2. The lowest BCUT2D eigenvalue weighted by Crippen LogP contribution is -2.20. The van der Waals surface area contributed by atoms with Crippen LogP contribution >= 0.6 is 0 Å². The number of amides is 1. The second kappa shape index (κ2) is 11.9. The van der Waals surface area contributed by atoms with Crippen molar-refractivity contribution in [2.75, 3.05) is 6.61 Å². The van der Waals surface area contributed by atoms with Gasteiger partial charge in [-0.05, 0) is 81.8 Å². The number of nitrogens with two attached hydrogens (primary N) is 1. The number of aliphatic hydroxyl groups is 1. The van der Waals surface area contributed by atoms with Crippen LogP contribution in [0.25, 0.3) is 28.0 Å². The highest BCUT2D eigenvalue weighted by atomic mass is 16.5. The van der Waals surface area contributed by atoms with E-state index >= 15 is 0 Å². The van der Waals surface area contributed by atoms with Crippen LogP contribution < -0.4 is 10.5 Å². The van der Waals surface area contributed by atoms with Gasteiger partial charge in [0.1, 0.15) is 23.2 Å². The Morgan fingerprint density at radius 1 is 1.17 bits per heavy atom. The Balaban J connectivity index is 1.48. The van der Waals surface area contributed by atoms with Crippen molar-refractivity contribution < 1.29 is 19.2 Å². The molecule has 9 nitrogen and oxygen atoms in total. The van der Waals surface area contributed by atoms with E-state index in [9.17, 15) is 15.2 Å². The molecule has 3 N–H and O–H groups in total. The van der Waals surface area contributed by atoms with Gasteiger partial charge in [0.05, 0.1) is 28.6 Å². The topological polar surface area (TPSA) is 140 Å². The van der Waals surface area contributed by atoms with Crippen LogP contribution in [0.15, 0.2) is 65.4 Å². The molecule has 0 aliphatic carbocycles. The third-order valence-electron chi connectivity index (χ3n) is 7.35. The fourth-order valence-electron chi connectivity index (χ4n) is 5.52. The van der Waals surface area contributed by atoms with Crippen molar-refractivity contribution in [1.29, 1.82) is 5.26 Å². The number of carbonyl (C=O) groups is 1. The summed E-state index contributed by atoms with van der Waals surface area (Å²) in [5.41, 5.74) is 13.0. The third kappa shape index (κ3) is 5.49. The smallest absolute Gasteiger partial charge is 0.249 e. The molecule has 0 spiro atoms. The summed E-state index contributed by atoms with van der Waals surface area (Å²) in [6.45, 7) is 7.44. The highest BCUT2D eigenvalue weighted by Gasteiger charge is 2.26. The SMILES string of the molecule is Cc1noc(C)c1-c1cccn2cc(-c3ccc(CC(CCO)c4c(C(N)=O)ccc(OC(C)C)c4C#N)cc3)nc12. The van der Waals surface area contributed by atoms with Crippen LogP contribution in [0.1, 0.15) is 64.7 Å². The number of pyridine rings is 1. The van der Waals surface area contributed by atoms with Gasteiger partial charge in [0.2, 0.25) is 5.91 Å². The van der Waals surface area contributed by atoms with Crippen molar-refractivity contribution in [2.24, 2.45) is 5.73 Å². The highest BCUT2D eigenvalue weighted by Crippen LogP contribution is 2.36. The van der Waals surface area contributed by atoms with E-state index in [4.69, 9.17) is 20.0 Å². The van der Waals surface area contributed by atoms with Gasteiger partial charge in [-0.15, -0.1) is 0 Å². The summed E-state index contributed by atoms with van der Waals surface area (Å²) in [4.78, 5) is 17.3. The largest absolute Gasteiger partial charge is 0.490 e. The molecule has 0 radical (unpaired) electrons. The molecule has 0 bridgehead atoms. The Kier molecular flexibility index (Phi) is 8.09. The number of fused-ring (bicyclic) bond motifs is 1. The van der Waals surface area contributed by atoms with Crippen LogP contribution in [-0.4, -0.2) is 38.3 Å². The lowest BCUT2D eigenvalue weighted by molar-refractivity contribution is 0.0998. The highest BCUT2D eigenvalue weighted by molar-refractivity contribution is 5.95. The molecule has 1 amide bonds. The Morgan fingerprint density at radius 3 is 2.55 bits per heavy atom. The van der Waals surface area contributed by atoms with Crippen LogP contribution in [0.4, 0.5) is 0 Å². The number of aliphatic hydroxyl groups excluding tert-OH is 1. The van der Waals surface area contributed by atoms with Gasteiger partial charge in [0, 0.05) is 35.7 Å². The Morgan fingerprint density at radius 2 is 1.93 bits per heavy atom. The number of rotatable bonds is 10.